The van der Waals surface area contributed by atoms with Gasteiger partial charge in [0, 0.05) is 50.1 Å². The minimum absolute atomic E-state index is 0.293. The Bertz CT molecular complexity index is 631. The van der Waals surface area contributed by atoms with Gasteiger partial charge in [-0.05, 0) is 51.1 Å². The van der Waals surface area contributed by atoms with Crippen LogP contribution in [0, 0.1) is 11.3 Å². The molecule has 0 bridgehead atoms. The number of carbonyl (C=O) groups is 1. The van der Waals surface area contributed by atoms with E-state index < -0.39 is 0 Å². The number of hydrogen-bond donors (Lipinski definition) is 0. The van der Waals surface area contributed by atoms with Gasteiger partial charge in [-0.3, -0.25) is 14.8 Å². The number of amides is 1. The first-order valence-corrected chi connectivity index (χ1v) is 11.5. The minimum Gasteiger partial charge on any atom is -0.342 e. The van der Waals surface area contributed by atoms with E-state index >= 15 is 0 Å². The summed E-state index contributed by atoms with van der Waals surface area (Å²) in [6.45, 7) is 5.64. The first kappa shape index (κ1) is 19.8. The van der Waals surface area contributed by atoms with Gasteiger partial charge in [0.05, 0.1) is 5.69 Å². The molecular weight excluding hydrogens is 348 g/mol. The fraction of sp³-hybridized carbons (Fsp3) is 0.783. The zero-order valence-corrected chi connectivity index (χ0v) is 17.3. The number of carbonyl (C=O) groups excluding carboxylic acids is 1. The van der Waals surface area contributed by atoms with Gasteiger partial charge in [-0.15, -0.1) is 0 Å². The van der Waals surface area contributed by atoms with Crippen LogP contribution in [0.2, 0.25) is 0 Å². The Kier molecular flexibility index (Phi) is 6.61. The van der Waals surface area contributed by atoms with Crippen LogP contribution < -0.4 is 0 Å². The van der Waals surface area contributed by atoms with Crippen LogP contribution in [-0.4, -0.2) is 58.4 Å². The standard InChI is InChI=1S/C23H36N4O/c28-22(8-7-21-17-24-12-13-25-21)27-16-11-23(19-27)10-4-14-26(18-23)15-9-20-5-2-1-3-6-20/h12-13,17,20H,1-11,14-16,18-19H2. The highest BCUT2D eigenvalue weighted by molar-refractivity contribution is 5.76. The molecule has 1 aromatic heterocycles. The van der Waals surface area contributed by atoms with E-state index in [4.69, 9.17) is 0 Å². The highest BCUT2D eigenvalue weighted by Crippen LogP contribution is 2.39. The van der Waals surface area contributed by atoms with Crippen LogP contribution >= 0.6 is 0 Å². The van der Waals surface area contributed by atoms with E-state index in [1.54, 1.807) is 18.6 Å². The number of piperidine rings is 1. The van der Waals surface area contributed by atoms with Crippen molar-refractivity contribution >= 4 is 5.91 Å². The van der Waals surface area contributed by atoms with Crippen molar-refractivity contribution in [2.45, 2.75) is 70.6 Å². The van der Waals surface area contributed by atoms with E-state index in [1.165, 1.54) is 77.4 Å². The van der Waals surface area contributed by atoms with Gasteiger partial charge in [-0.2, -0.15) is 0 Å². The lowest BCUT2D eigenvalue weighted by Gasteiger charge is -2.41. The van der Waals surface area contributed by atoms with Crippen LogP contribution in [0.15, 0.2) is 18.6 Å². The molecule has 1 aromatic rings. The molecule has 4 rings (SSSR count). The van der Waals surface area contributed by atoms with E-state index in [2.05, 4.69) is 19.8 Å². The molecule has 28 heavy (non-hydrogen) atoms. The van der Waals surface area contributed by atoms with Gasteiger partial charge in [0.25, 0.3) is 0 Å². The molecule has 0 radical (unpaired) electrons. The van der Waals surface area contributed by atoms with Crippen molar-refractivity contribution < 1.29 is 4.79 Å². The smallest absolute Gasteiger partial charge is 0.222 e. The summed E-state index contributed by atoms with van der Waals surface area (Å²) < 4.78 is 0. The van der Waals surface area contributed by atoms with Crippen molar-refractivity contribution in [3.8, 4) is 0 Å². The molecule has 1 atom stereocenters. The second-order valence-corrected chi connectivity index (χ2v) is 9.43. The molecule has 154 valence electrons. The molecule has 0 N–H and O–H groups in total. The van der Waals surface area contributed by atoms with E-state index in [1.807, 2.05) is 0 Å². The quantitative estimate of drug-likeness (QED) is 0.750. The number of rotatable bonds is 6. The summed E-state index contributed by atoms with van der Waals surface area (Å²) in [4.78, 5) is 25.9. The third-order valence-corrected chi connectivity index (χ3v) is 7.32. The predicted molar refractivity (Wildman–Crippen MR) is 111 cm³/mol. The maximum atomic E-state index is 12.7. The SMILES string of the molecule is O=C(CCc1cnccn1)N1CCC2(CCCN(CCC3CCCCC3)C2)C1. The van der Waals surface area contributed by atoms with Crippen LogP contribution in [0.1, 0.15) is 69.9 Å². The summed E-state index contributed by atoms with van der Waals surface area (Å²) in [5.74, 6) is 1.26. The molecular formula is C23H36N4O. The zero-order chi connectivity index (χ0) is 19.2. The van der Waals surface area contributed by atoms with Crippen LogP contribution in [0.25, 0.3) is 0 Å². The number of hydrogen-bond acceptors (Lipinski definition) is 4. The van der Waals surface area contributed by atoms with Crippen LogP contribution in [0.3, 0.4) is 0 Å². The van der Waals surface area contributed by atoms with Gasteiger partial charge < -0.3 is 9.80 Å². The molecule has 3 fully saturated rings. The van der Waals surface area contributed by atoms with Crippen molar-refractivity contribution in [3.05, 3.63) is 24.3 Å². The summed E-state index contributed by atoms with van der Waals surface area (Å²) in [5.41, 5.74) is 1.27. The average molecular weight is 385 g/mol. The fourth-order valence-electron chi connectivity index (χ4n) is 5.68. The van der Waals surface area contributed by atoms with Crippen LogP contribution in [0.5, 0.6) is 0 Å². The molecule has 2 saturated heterocycles. The summed E-state index contributed by atoms with van der Waals surface area (Å²) in [6, 6.07) is 0. The number of aromatic nitrogens is 2. The fourth-order valence-corrected chi connectivity index (χ4v) is 5.68. The Hall–Kier alpha value is -1.49. The third-order valence-electron chi connectivity index (χ3n) is 7.32. The lowest BCUT2D eigenvalue weighted by atomic mass is 9.79. The molecule has 2 aliphatic heterocycles. The average Bonchev–Trinajstić information content (AvgIpc) is 3.15. The summed E-state index contributed by atoms with van der Waals surface area (Å²) in [5, 5.41) is 0. The first-order valence-electron chi connectivity index (χ1n) is 11.5. The van der Waals surface area contributed by atoms with E-state index in [-0.39, 0.29) is 0 Å². The Labute approximate surface area is 169 Å². The summed E-state index contributed by atoms with van der Waals surface area (Å²) in [7, 11) is 0. The number of nitrogens with zero attached hydrogens (tertiary/aromatic N) is 4. The highest BCUT2D eigenvalue weighted by atomic mass is 16.2. The maximum Gasteiger partial charge on any atom is 0.222 e. The first-order chi connectivity index (χ1) is 13.7. The predicted octanol–water partition coefficient (Wildman–Crippen LogP) is 3.69. The lowest BCUT2D eigenvalue weighted by Crippen LogP contribution is -2.45. The summed E-state index contributed by atoms with van der Waals surface area (Å²) in [6.07, 6.45) is 18.8. The van der Waals surface area contributed by atoms with Gasteiger partial charge >= 0.3 is 0 Å². The molecule has 1 spiro atoms. The van der Waals surface area contributed by atoms with E-state index in [9.17, 15) is 4.79 Å². The van der Waals surface area contributed by atoms with Crippen molar-refractivity contribution in [3.63, 3.8) is 0 Å². The molecule has 0 aromatic carbocycles. The lowest BCUT2D eigenvalue weighted by molar-refractivity contribution is -0.130. The van der Waals surface area contributed by atoms with E-state index in [0.29, 0.717) is 24.2 Å². The molecule has 1 aliphatic carbocycles. The normalized spacial score (nSPS) is 26.8. The highest BCUT2D eigenvalue weighted by Gasteiger charge is 2.42. The Morgan fingerprint density at radius 3 is 2.79 bits per heavy atom. The Morgan fingerprint density at radius 2 is 1.96 bits per heavy atom. The van der Waals surface area contributed by atoms with Crippen molar-refractivity contribution in [1.82, 2.24) is 19.8 Å². The van der Waals surface area contributed by atoms with Gasteiger partial charge in [-0.1, -0.05) is 32.1 Å². The van der Waals surface area contributed by atoms with Gasteiger partial charge in [0.15, 0.2) is 0 Å². The molecule has 5 heteroatoms. The van der Waals surface area contributed by atoms with Gasteiger partial charge in [0.1, 0.15) is 0 Å². The number of aryl methyl sites for hydroxylation is 1. The van der Waals surface area contributed by atoms with E-state index in [0.717, 1.165) is 24.7 Å². The molecule has 1 unspecified atom stereocenters. The van der Waals surface area contributed by atoms with Crippen molar-refractivity contribution in [2.24, 2.45) is 11.3 Å². The van der Waals surface area contributed by atoms with Crippen LogP contribution in [0.4, 0.5) is 0 Å². The molecule has 5 nitrogen and oxygen atoms in total. The Morgan fingerprint density at radius 1 is 1.07 bits per heavy atom. The Balaban J connectivity index is 1.24. The molecule has 3 aliphatic rings. The maximum absolute atomic E-state index is 12.7. The second kappa shape index (κ2) is 9.34. The van der Waals surface area contributed by atoms with Crippen LogP contribution in [-0.2, 0) is 11.2 Å². The summed E-state index contributed by atoms with van der Waals surface area (Å²) >= 11 is 0. The number of likely N-dealkylation sites (tertiary alicyclic amines) is 2. The largest absolute Gasteiger partial charge is 0.342 e. The third kappa shape index (κ3) is 5.11. The molecule has 1 saturated carbocycles. The molecule has 3 heterocycles. The van der Waals surface area contributed by atoms with Crippen molar-refractivity contribution in [1.29, 1.82) is 0 Å². The van der Waals surface area contributed by atoms with Gasteiger partial charge in [-0.25, -0.2) is 0 Å². The zero-order valence-electron chi connectivity index (χ0n) is 17.3. The van der Waals surface area contributed by atoms with Gasteiger partial charge in [0.2, 0.25) is 5.91 Å². The topological polar surface area (TPSA) is 49.3 Å². The monoisotopic (exact) mass is 384 g/mol. The second-order valence-electron chi connectivity index (χ2n) is 9.43. The van der Waals surface area contributed by atoms with Crippen molar-refractivity contribution in [2.75, 3.05) is 32.7 Å². The minimum atomic E-state index is 0.293. The molecule has 1 amide bonds.